The summed E-state index contributed by atoms with van der Waals surface area (Å²) in [6.45, 7) is 4.35. The smallest absolute Gasteiger partial charge is 0.352 e. The second kappa shape index (κ2) is 9.93. The molecule has 1 aromatic carbocycles. The Hall–Kier alpha value is -3.63. The number of likely N-dealkylation sites (tertiary alicyclic amines) is 1. The Kier molecular flexibility index (Phi) is 6.95. The fourth-order valence-electron chi connectivity index (χ4n) is 4.32. The van der Waals surface area contributed by atoms with Crippen molar-refractivity contribution in [3.05, 3.63) is 65.5 Å². The van der Waals surface area contributed by atoms with Gasteiger partial charge in [0.2, 0.25) is 5.95 Å². The zero-order valence-electron chi connectivity index (χ0n) is 19.2. The highest BCUT2D eigenvalue weighted by Gasteiger charge is 2.35. The Morgan fingerprint density at radius 3 is 2.49 bits per heavy atom. The third kappa shape index (κ3) is 5.23. The van der Waals surface area contributed by atoms with Crippen molar-refractivity contribution in [1.82, 2.24) is 24.8 Å². The number of aryl methyl sites for hydroxylation is 1. The number of nitrogens with one attached hydrogen (secondary N) is 1. The number of amides is 1. The predicted molar refractivity (Wildman–Crippen MR) is 121 cm³/mol. The van der Waals surface area contributed by atoms with Crippen LogP contribution in [0.25, 0.3) is 11.4 Å². The van der Waals surface area contributed by atoms with Crippen LogP contribution in [0.1, 0.15) is 41.3 Å². The Morgan fingerprint density at radius 2 is 1.83 bits per heavy atom. The monoisotopic (exact) mass is 488 g/mol. The normalized spacial score (nSPS) is 18.4. The third-order valence-electron chi connectivity index (χ3n) is 6.19. The number of piperidine rings is 1. The summed E-state index contributed by atoms with van der Waals surface area (Å²) in [6.07, 6.45) is 1.52. The lowest BCUT2D eigenvalue weighted by molar-refractivity contribution is -0.138. The average molecular weight is 488 g/mol. The quantitative estimate of drug-likeness (QED) is 0.522. The number of carbonyl (C=O) groups is 1. The van der Waals surface area contributed by atoms with Gasteiger partial charge < -0.3 is 10.2 Å². The number of hydrogen-bond donors (Lipinski definition) is 1. The van der Waals surface area contributed by atoms with Crippen LogP contribution in [0.2, 0.25) is 0 Å². The molecule has 0 radical (unpaired) electrons. The van der Waals surface area contributed by atoms with Gasteiger partial charge in [0.15, 0.2) is 5.82 Å². The topological polar surface area (TPSA) is 83.9 Å². The number of aromatic nitrogens is 4. The van der Waals surface area contributed by atoms with Crippen LogP contribution in [-0.4, -0.2) is 49.9 Å². The summed E-state index contributed by atoms with van der Waals surface area (Å²) in [4.78, 5) is 31.3. The van der Waals surface area contributed by atoms with Crippen LogP contribution >= 0.6 is 0 Å². The van der Waals surface area contributed by atoms with E-state index in [0.717, 1.165) is 12.8 Å². The van der Waals surface area contributed by atoms with Crippen molar-refractivity contribution in [2.45, 2.75) is 38.9 Å². The molecular weight excluding hydrogens is 464 g/mol. The van der Waals surface area contributed by atoms with Gasteiger partial charge in [-0.05, 0) is 43.4 Å². The SMILES string of the molecule is Cc1ccc(F)c(C(=O)N2CCCC(C)C2CNc2ncc(C(F)(F)F)cn2)c1-c1ncccn1. The first kappa shape index (κ1) is 24.5. The first-order valence-corrected chi connectivity index (χ1v) is 11.2. The van der Waals surface area contributed by atoms with Crippen molar-refractivity contribution in [3.8, 4) is 11.4 Å². The van der Waals surface area contributed by atoms with Crippen molar-refractivity contribution >= 4 is 11.9 Å². The van der Waals surface area contributed by atoms with Gasteiger partial charge in [0, 0.05) is 43.4 Å². The van der Waals surface area contributed by atoms with E-state index < -0.39 is 23.5 Å². The van der Waals surface area contributed by atoms with Crippen LogP contribution in [0.5, 0.6) is 0 Å². The molecule has 1 fully saturated rings. The van der Waals surface area contributed by atoms with E-state index in [4.69, 9.17) is 0 Å². The molecule has 1 aliphatic heterocycles. The van der Waals surface area contributed by atoms with Gasteiger partial charge in [-0.15, -0.1) is 0 Å². The molecule has 0 saturated carbocycles. The lowest BCUT2D eigenvalue weighted by Crippen LogP contribution is -2.51. The molecule has 4 rings (SSSR count). The molecule has 1 saturated heterocycles. The van der Waals surface area contributed by atoms with E-state index in [2.05, 4.69) is 25.3 Å². The second-order valence-electron chi connectivity index (χ2n) is 8.55. The van der Waals surface area contributed by atoms with Crippen LogP contribution < -0.4 is 5.32 Å². The van der Waals surface area contributed by atoms with Crippen molar-refractivity contribution in [1.29, 1.82) is 0 Å². The molecular formula is C24H24F4N6O. The summed E-state index contributed by atoms with van der Waals surface area (Å²) in [6, 6.07) is 4.12. The summed E-state index contributed by atoms with van der Waals surface area (Å²) >= 11 is 0. The lowest BCUT2D eigenvalue weighted by atomic mass is 9.89. The van der Waals surface area contributed by atoms with Gasteiger partial charge in [-0.25, -0.2) is 24.3 Å². The lowest BCUT2D eigenvalue weighted by Gasteiger charge is -2.40. The molecule has 2 aromatic heterocycles. The Morgan fingerprint density at radius 1 is 1.14 bits per heavy atom. The molecule has 1 aliphatic rings. The highest BCUT2D eigenvalue weighted by atomic mass is 19.4. The highest BCUT2D eigenvalue weighted by Crippen LogP contribution is 2.32. The first-order chi connectivity index (χ1) is 16.7. The number of benzene rings is 1. The molecule has 35 heavy (non-hydrogen) atoms. The van der Waals surface area contributed by atoms with Gasteiger partial charge >= 0.3 is 6.18 Å². The van der Waals surface area contributed by atoms with E-state index in [0.29, 0.717) is 30.1 Å². The van der Waals surface area contributed by atoms with Gasteiger partial charge in [0.25, 0.3) is 5.91 Å². The number of rotatable bonds is 5. The largest absolute Gasteiger partial charge is 0.419 e. The Balaban J connectivity index is 1.61. The van der Waals surface area contributed by atoms with E-state index in [1.165, 1.54) is 18.5 Å². The number of alkyl halides is 3. The van der Waals surface area contributed by atoms with Gasteiger partial charge in [-0.1, -0.05) is 13.0 Å². The number of anilines is 1. The minimum Gasteiger partial charge on any atom is -0.352 e. The maximum atomic E-state index is 15.1. The Labute approximate surface area is 199 Å². The second-order valence-corrected chi connectivity index (χ2v) is 8.55. The van der Waals surface area contributed by atoms with Crippen LogP contribution in [0.15, 0.2) is 43.0 Å². The molecule has 0 spiro atoms. The fourth-order valence-corrected chi connectivity index (χ4v) is 4.32. The minimum absolute atomic E-state index is 0.0169. The molecule has 7 nitrogen and oxygen atoms in total. The number of halogens is 4. The highest BCUT2D eigenvalue weighted by molar-refractivity contribution is 6.01. The summed E-state index contributed by atoms with van der Waals surface area (Å²) in [5.74, 6) is -0.827. The summed E-state index contributed by atoms with van der Waals surface area (Å²) in [7, 11) is 0. The van der Waals surface area contributed by atoms with Gasteiger partial charge in [0.1, 0.15) is 5.82 Å². The Bertz CT molecular complexity index is 1190. The molecule has 3 aromatic rings. The molecule has 2 unspecified atom stereocenters. The molecule has 3 heterocycles. The average Bonchev–Trinajstić information content (AvgIpc) is 2.84. The first-order valence-electron chi connectivity index (χ1n) is 11.2. The zero-order valence-corrected chi connectivity index (χ0v) is 19.2. The van der Waals surface area contributed by atoms with Crippen LogP contribution in [0.3, 0.4) is 0 Å². The number of nitrogens with zero attached hydrogens (tertiary/aromatic N) is 5. The van der Waals surface area contributed by atoms with Crippen LogP contribution in [-0.2, 0) is 6.18 Å². The van der Waals surface area contributed by atoms with Gasteiger partial charge in [0.05, 0.1) is 17.2 Å². The molecule has 0 bridgehead atoms. The van der Waals surface area contributed by atoms with E-state index in [1.54, 1.807) is 24.0 Å². The molecule has 0 aliphatic carbocycles. The van der Waals surface area contributed by atoms with E-state index >= 15 is 4.39 Å². The maximum absolute atomic E-state index is 15.1. The third-order valence-corrected chi connectivity index (χ3v) is 6.19. The summed E-state index contributed by atoms with van der Waals surface area (Å²) in [5, 5.41) is 2.93. The van der Waals surface area contributed by atoms with E-state index in [1.807, 2.05) is 6.92 Å². The van der Waals surface area contributed by atoms with Crippen LogP contribution in [0, 0.1) is 18.7 Å². The molecule has 2 atom stereocenters. The molecule has 11 heteroatoms. The van der Waals surface area contributed by atoms with Crippen molar-refractivity contribution in [2.75, 3.05) is 18.4 Å². The molecule has 1 N–H and O–H groups in total. The number of carbonyl (C=O) groups excluding carboxylic acids is 1. The van der Waals surface area contributed by atoms with E-state index in [-0.39, 0.29) is 35.8 Å². The number of hydrogen-bond acceptors (Lipinski definition) is 6. The zero-order chi connectivity index (χ0) is 25.2. The standard InChI is InChI=1S/C24H24F4N6O/c1-14-5-3-10-34(18(14)13-33-23-31-11-16(12-32-23)24(26,27)28)22(35)20-17(25)7-6-15(2)19(20)21-29-8-4-9-30-21/h4,6-9,11-12,14,18H,3,5,10,13H2,1-2H3,(H,31,32,33). The van der Waals surface area contributed by atoms with Gasteiger partial charge in [-0.2, -0.15) is 13.2 Å². The summed E-state index contributed by atoms with van der Waals surface area (Å²) in [5.41, 5.74) is -0.0389. The maximum Gasteiger partial charge on any atom is 0.419 e. The van der Waals surface area contributed by atoms with Crippen molar-refractivity contribution in [2.24, 2.45) is 5.92 Å². The fraction of sp³-hybridized carbons (Fsp3) is 0.375. The van der Waals surface area contributed by atoms with Crippen LogP contribution in [0.4, 0.5) is 23.5 Å². The van der Waals surface area contributed by atoms with Crippen molar-refractivity contribution < 1.29 is 22.4 Å². The van der Waals surface area contributed by atoms with Gasteiger partial charge in [-0.3, -0.25) is 4.79 Å². The molecule has 184 valence electrons. The summed E-state index contributed by atoms with van der Waals surface area (Å²) < 4.78 is 53.4. The van der Waals surface area contributed by atoms with Crippen molar-refractivity contribution in [3.63, 3.8) is 0 Å². The molecule has 1 amide bonds. The predicted octanol–water partition coefficient (Wildman–Crippen LogP) is 4.75. The van der Waals surface area contributed by atoms with E-state index in [9.17, 15) is 18.0 Å². The minimum atomic E-state index is -4.53.